The number of hydrogen-bond donors (Lipinski definition) is 3. The molecule has 5 rings (SSSR count). The monoisotopic (exact) mass is 617 g/mol. The van der Waals surface area contributed by atoms with E-state index in [-0.39, 0.29) is 24.1 Å². The number of amides is 3. The van der Waals surface area contributed by atoms with Crippen LogP contribution in [0.5, 0.6) is 0 Å². The number of aryl methyl sites for hydroxylation is 1. The van der Waals surface area contributed by atoms with Crippen LogP contribution >= 0.6 is 0 Å². The quantitative estimate of drug-likeness (QED) is 0.226. The molecule has 3 N–H and O–H groups in total. The summed E-state index contributed by atoms with van der Waals surface area (Å²) in [4.78, 5) is 42.3. The van der Waals surface area contributed by atoms with E-state index in [0.29, 0.717) is 41.8 Å². The SMILES string of the molecule is Cc1cc(C(=O)N[C@@H](Cc2ccccc2)[C@H](O)Cc2ccccc2C(=O)NC(C)(C)C)cc(C(=O)N2CCc3ccccc3C2)c1. The van der Waals surface area contributed by atoms with Crippen molar-refractivity contribution in [2.24, 2.45) is 0 Å². The van der Waals surface area contributed by atoms with Crippen LogP contribution in [-0.2, 0) is 25.8 Å². The van der Waals surface area contributed by atoms with Gasteiger partial charge < -0.3 is 20.6 Å². The predicted octanol–water partition coefficient (Wildman–Crippen LogP) is 5.67. The van der Waals surface area contributed by atoms with Crippen LogP contribution < -0.4 is 10.6 Å². The molecular weight excluding hydrogens is 574 g/mol. The molecule has 1 heterocycles. The molecule has 2 atom stereocenters. The molecule has 0 saturated heterocycles. The summed E-state index contributed by atoms with van der Waals surface area (Å²) in [6, 6.07) is 29.6. The fraction of sp³-hybridized carbons (Fsp3) is 0.308. The summed E-state index contributed by atoms with van der Waals surface area (Å²) in [5, 5.41) is 17.7. The third kappa shape index (κ3) is 8.29. The lowest BCUT2D eigenvalue weighted by molar-refractivity contribution is 0.0734. The molecule has 4 aromatic carbocycles. The Kier molecular flexibility index (Phi) is 10.0. The van der Waals surface area contributed by atoms with Crippen molar-refractivity contribution in [2.75, 3.05) is 6.54 Å². The fourth-order valence-corrected chi connectivity index (χ4v) is 5.99. The first kappa shape index (κ1) is 32.6. The van der Waals surface area contributed by atoms with Crippen molar-refractivity contribution < 1.29 is 19.5 Å². The normalized spacial score (nSPS) is 14.2. The van der Waals surface area contributed by atoms with E-state index < -0.39 is 17.7 Å². The molecule has 238 valence electrons. The minimum absolute atomic E-state index is 0.113. The summed E-state index contributed by atoms with van der Waals surface area (Å²) in [5.41, 5.74) is 5.74. The smallest absolute Gasteiger partial charge is 0.254 e. The van der Waals surface area contributed by atoms with Gasteiger partial charge >= 0.3 is 0 Å². The molecule has 0 fully saturated rings. The number of fused-ring (bicyclic) bond motifs is 1. The zero-order valence-electron chi connectivity index (χ0n) is 27.0. The van der Waals surface area contributed by atoms with Crippen molar-refractivity contribution in [1.29, 1.82) is 0 Å². The molecule has 0 aromatic heterocycles. The van der Waals surface area contributed by atoms with Crippen molar-refractivity contribution in [3.8, 4) is 0 Å². The molecule has 0 unspecified atom stereocenters. The Balaban J connectivity index is 1.36. The number of nitrogens with one attached hydrogen (secondary N) is 2. The van der Waals surface area contributed by atoms with Crippen LogP contribution in [-0.4, -0.2) is 52.0 Å². The highest BCUT2D eigenvalue weighted by molar-refractivity contribution is 6.00. The highest BCUT2D eigenvalue weighted by Gasteiger charge is 2.27. The third-order valence-electron chi connectivity index (χ3n) is 8.26. The van der Waals surface area contributed by atoms with Crippen LogP contribution in [0.2, 0.25) is 0 Å². The topological polar surface area (TPSA) is 98.7 Å². The van der Waals surface area contributed by atoms with Crippen molar-refractivity contribution in [2.45, 2.75) is 71.2 Å². The maximum absolute atomic E-state index is 13.8. The molecular formula is C39H43N3O4. The maximum atomic E-state index is 13.8. The standard InChI is InChI=1S/C39H43N3O4/c1-26-20-31(23-32(21-26)38(46)42-19-18-28-14-8-9-16-30(28)25-42)36(44)40-34(22-27-12-6-5-7-13-27)35(43)24-29-15-10-11-17-33(29)37(45)41-39(2,3)4/h5-17,20-21,23,34-35,43H,18-19,22,24-25H2,1-4H3,(H,40,44)(H,41,45)/t34-,35+/m0/s1. The largest absolute Gasteiger partial charge is 0.391 e. The van der Waals surface area contributed by atoms with Gasteiger partial charge in [-0.05, 0) is 92.6 Å². The molecule has 1 aliphatic heterocycles. The number of aliphatic hydroxyl groups is 1. The van der Waals surface area contributed by atoms with Gasteiger partial charge in [0.25, 0.3) is 17.7 Å². The predicted molar refractivity (Wildman–Crippen MR) is 181 cm³/mol. The molecule has 0 radical (unpaired) electrons. The molecule has 7 heteroatoms. The molecule has 0 aliphatic carbocycles. The second kappa shape index (κ2) is 14.1. The fourth-order valence-electron chi connectivity index (χ4n) is 5.99. The minimum Gasteiger partial charge on any atom is -0.391 e. The average molecular weight is 618 g/mol. The van der Waals surface area contributed by atoms with E-state index in [0.717, 1.165) is 23.1 Å². The third-order valence-corrected chi connectivity index (χ3v) is 8.26. The first-order valence-electron chi connectivity index (χ1n) is 15.9. The van der Waals surface area contributed by atoms with Gasteiger partial charge in [-0.15, -0.1) is 0 Å². The van der Waals surface area contributed by atoms with E-state index in [2.05, 4.69) is 22.8 Å². The van der Waals surface area contributed by atoms with Gasteiger partial charge in [0.05, 0.1) is 12.1 Å². The van der Waals surface area contributed by atoms with Crippen LogP contribution in [0, 0.1) is 6.92 Å². The van der Waals surface area contributed by atoms with E-state index in [1.807, 2.05) is 93.3 Å². The number of rotatable bonds is 9. The number of aliphatic hydroxyl groups excluding tert-OH is 1. The van der Waals surface area contributed by atoms with Crippen LogP contribution in [0.1, 0.15) is 79.7 Å². The lowest BCUT2D eigenvalue weighted by atomic mass is 9.93. The van der Waals surface area contributed by atoms with Gasteiger partial charge in [0, 0.05) is 41.7 Å². The van der Waals surface area contributed by atoms with E-state index in [1.165, 1.54) is 5.56 Å². The number of carbonyl (C=O) groups is 3. The van der Waals surface area contributed by atoms with Crippen LogP contribution in [0.4, 0.5) is 0 Å². The Labute approximate surface area is 271 Å². The molecule has 4 aromatic rings. The minimum atomic E-state index is -0.993. The summed E-state index contributed by atoms with van der Waals surface area (Å²) in [6.45, 7) is 8.78. The Bertz CT molecular complexity index is 1710. The summed E-state index contributed by atoms with van der Waals surface area (Å²) < 4.78 is 0. The van der Waals surface area contributed by atoms with E-state index in [9.17, 15) is 19.5 Å². The second-order valence-electron chi connectivity index (χ2n) is 13.2. The van der Waals surface area contributed by atoms with Crippen LogP contribution in [0.25, 0.3) is 0 Å². The molecule has 3 amide bonds. The molecule has 7 nitrogen and oxygen atoms in total. The lowest BCUT2D eigenvalue weighted by Crippen LogP contribution is -2.46. The lowest BCUT2D eigenvalue weighted by Gasteiger charge is -2.29. The zero-order valence-corrected chi connectivity index (χ0v) is 27.0. The molecule has 1 aliphatic rings. The highest BCUT2D eigenvalue weighted by atomic mass is 16.3. The molecule has 0 saturated carbocycles. The molecule has 0 spiro atoms. The molecule has 0 bridgehead atoms. The van der Waals surface area contributed by atoms with Gasteiger partial charge in [-0.1, -0.05) is 72.8 Å². The summed E-state index contributed by atoms with van der Waals surface area (Å²) in [5.74, 6) is -0.702. The van der Waals surface area contributed by atoms with Crippen molar-refractivity contribution >= 4 is 17.7 Å². The van der Waals surface area contributed by atoms with Gasteiger partial charge in [-0.2, -0.15) is 0 Å². The zero-order chi connectivity index (χ0) is 32.8. The van der Waals surface area contributed by atoms with E-state index >= 15 is 0 Å². The van der Waals surface area contributed by atoms with Crippen molar-refractivity contribution in [3.05, 3.63) is 142 Å². The first-order chi connectivity index (χ1) is 22.0. The van der Waals surface area contributed by atoms with Crippen molar-refractivity contribution in [3.63, 3.8) is 0 Å². The Hall–Kier alpha value is -4.75. The summed E-state index contributed by atoms with van der Waals surface area (Å²) >= 11 is 0. The number of benzene rings is 4. The van der Waals surface area contributed by atoms with Gasteiger partial charge in [-0.3, -0.25) is 14.4 Å². The van der Waals surface area contributed by atoms with Gasteiger partial charge in [0.15, 0.2) is 0 Å². The molecule has 46 heavy (non-hydrogen) atoms. The van der Waals surface area contributed by atoms with E-state index in [1.54, 1.807) is 24.3 Å². The Morgan fingerprint density at radius 1 is 0.804 bits per heavy atom. The maximum Gasteiger partial charge on any atom is 0.254 e. The Morgan fingerprint density at radius 2 is 1.46 bits per heavy atom. The number of carbonyl (C=O) groups excluding carboxylic acids is 3. The first-order valence-corrected chi connectivity index (χ1v) is 15.9. The summed E-state index contributed by atoms with van der Waals surface area (Å²) in [7, 11) is 0. The van der Waals surface area contributed by atoms with Gasteiger partial charge in [0.2, 0.25) is 0 Å². The second-order valence-corrected chi connectivity index (χ2v) is 13.2. The van der Waals surface area contributed by atoms with Gasteiger partial charge in [-0.25, -0.2) is 0 Å². The van der Waals surface area contributed by atoms with E-state index in [4.69, 9.17) is 0 Å². The highest BCUT2D eigenvalue weighted by Crippen LogP contribution is 2.22. The number of nitrogens with zero attached hydrogens (tertiary/aromatic N) is 1. The Morgan fingerprint density at radius 3 is 2.20 bits per heavy atom. The van der Waals surface area contributed by atoms with Crippen LogP contribution in [0.3, 0.4) is 0 Å². The van der Waals surface area contributed by atoms with Crippen LogP contribution in [0.15, 0.2) is 97.1 Å². The number of hydrogen-bond acceptors (Lipinski definition) is 4. The van der Waals surface area contributed by atoms with Gasteiger partial charge in [0.1, 0.15) is 0 Å². The summed E-state index contributed by atoms with van der Waals surface area (Å²) in [6.07, 6.45) is 0.349. The van der Waals surface area contributed by atoms with Crippen molar-refractivity contribution in [1.82, 2.24) is 15.5 Å². The average Bonchev–Trinajstić information content (AvgIpc) is 3.03.